The van der Waals surface area contributed by atoms with Crippen molar-refractivity contribution < 1.29 is 0 Å². The molecule has 110 valence electrons. The lowest BCUT2D eigenvalue weighted by Crippen LogP contribution is -1.84. The summed E-state index contributed by atoms with van der Waals surface area (Å²) in [7, 11) is 0. The summed E-state index contributed by atoms with van der Waals surface area (Å²) in [6.45, 7) is 19.7. The van der Waals surface area contributed by atoms with Crippen LogP contribution in [0.5, 0.6) is 0 Å². The van der Waals surface area contributed by atoms with Crippen molar-refractivity contribution in [3.05, 3.63) is 0 Å². The van der Waals surface area contributed by atoms with Gasteiger partial charge in [0.15, 0.2) is 0 Å². The molecule has 0 aliphatic heterocycles. The third-order valence-electron chi connectivity index (χ3n) is 1.00. The van der Waals surface area contributed by atoms with Crippen molar-refractivity contribution >= 4 is 23.5 Å². The van der Waals surface area contributed by atoms with E-state index in [1.165, 1.54) is 11.5 Å². The highest BCUT2D eigenvalue weighted by molar-refractivity contribution is 8.00. The molecular formula is C15H38S2. The summed E-state index contributed by atoms with van der Waals surface area (Å²) in [6.07, 6.45) is 0. The van der Waals surface area contributed by atoms with Gasteiger partial charge >= 0.3 is 0 Å². The van der Waals surface area contributed by atoms with Gasteiger partial charge in [0.25, 0.3) is 0 Å². The molecular weight excluding hydrogens is 244 g/mol. The first-order valence-electron chi connectivity index (χ1n) is 6.50. The van der Waals surface area contributed by atoms with Crippen molar-refractivity contribution in [3.8, 4) is 0 Å². The Morgan fingerprint density at radius 1 is 0.647 bits per heavy atom. The van der Waals surface area contributed by atoms with E-state index in [2.05, 4.69) is 62.3 Å². The van der Waals surface area contributed by atoms with Gasteiger partial charge in [-0.1, -0.05) is 69.7 Å². The summed E-state index contributed by atoms with van der Waals surface area (Å²) < 4.78 is 0. The van der Waals surface area contributed by atoms with Crippen LogP contribution in [0, 0.1) is 5.92 Å². The van der Waals surface area contributed by atoms with Crippen LogP contribution >= 0.6 is 23.5 Å². The van der Waals surface area contributed by atoms with E-state index < -0.39 is 0 Å². The minimum atomic E-state index is 0. The largest absolute Gasteiger partial charge is 0.159 e. The zero-order valence-corrected chi connectivity index (χ0v) is 14.6. The fraction of sp³-hybridized carbons (Fsp3) is 1.00. The zero-order chi connectivity index (χ0) is 13.6. The van der Waals surface area contributed by atoms with Crippen molar-refractivity contribution in [3.63, 3.8) is 0 Å². The Morgan fingerprint density at radius 2 is 0.824 bits per heavy atom. The van der Waals surface area contributed by atoms with E-state index in [4.69, 9.17) is 0 Å². The Morgan fingerprint density at radius 3 is 0.824 bits per heavy atom. The Hall–Kier alpha value is 0.700. The lowest BCUT2D eigenvalue weighted by atomic mass is 10.3. The molecule has 0 unspecified atom stereocenters. The molecule has 0 radical (unpaired) electrons. The third kappa shape index (κ3) is 80.4. The van der Waals surface area contributed by atoms with Gasteiger partial charge in [0.2, 0.25) is 0 Å². The third-order valence-corrected chi connectivity index (χ3v) is 3.00. The monoisotopic (exact) mass is 282 g/mol. The topological polar surface area (TPSA) is 0 Å². The van der Waals surface area contributed by atoms with Crippen molar-refractivity contribution in [1.82, 2.24) is 0 Å². The standard InChI is InChI=1S/2C5H12S.C4H10.CH4/c2*1-4-6-5(2)3;1-4(2)3;/h2*5H,4H2,1-3H3;4H,1-3H3;1H4. The van der Waals surface area contributed by atoms with Crippen LogP contribution in [-0.4, -0.2) is 22.0 Å². The SMILES string of the molecule is C.CC(C)C.CCSC(C)C.CCSC(C)C. The molecule has 0 aliphatic carbocycles. The molecule has 0 spiro atoms. The van der Waals surface area contributed by atoms with Gasteiger partial charge in [-0.2, -0.15) is 23.5 Å². The summed E-state index contributed by atoms with van der Waals surface area (Å²) in [5.41, 5.74) is 0. The Bertz CT molecular complexity index is 86.3. The van der Waals surface area contributed by atoms with Gasteiger partial charge in [0, 0.05) is 0 Å². The van der Waals surface area contributed by atoms with Crippen LogP contribution in [0.15, 0.2) is 0 Å². The Labute approximate surface area is 121 Å². The number of hydrogen-bond donors (Lipinski definition) is 0. The Kier molecular flexibility index (Phi) is 33.9. The smallest absolute Gasteiger partial charge is 0.000979 e. The highest BCUT2D eigenvalue weighted by atomic mass is 32.2. The zero-order valence-electron chi connectivity index (χ0n) is 13.0. The molecule has 0 saturated carbocycles. The van der Waals surface area contributed by atoms with Crippen LogP contribution in [-0.2, 0) is 0 Å². The predicted octanol–water partition coefficient (Wildman–Crippen LogP) is 6.59. The van der Waals surface area contributed by atoms with Crippen molar-refractivity contribution in [2.45, 2.75) is 80.2 Å². The minimum Gasteiger partial charge on any atom is -0.159 e. The molecule has 0 fully saturated rings. The lowest BCUT2D eigenvalue weighted by molar-refractivity contribution is 0.737. The molecule has 2 heteroatoms. The summed E-state index contributed by atoms with van der Waals surface area (Å²) in [5.74, 6) is 3.33. The van der Waals surface area contributed by atoms with E-state index in [0.717, 1.165) is 16.4 Å². The minimum absolute atomic E-state index is 0. The lowest BCUT2D eigenvalue weighted by Gasteiger charge is -1.96. The van der Waals surface area contributed by atoms with Crippen LogP contribution < -0.4 is 0 Å². The quantitative estimate of drug-likeness (QED) is 0.570. The Balaban J connectivity index is -0.0000000741. The molecule has 0 aromatic carbocycles. The number of hydrogen-bond acceptors (Lipinski definition) is 2. The van der Waals surface area contributed by atoms with Gasteiger partial charge in [-0.25, -0.2) is 0 Å². The molecule has 0 N–H and O–H groups in total. The summed E-state index contributed by atoms with van der Waals surface area (Å²) >= 11 is 3.97. The molecule has 0 aliphatic rings. The molecule has 0 aromatic rings. The molecule has 0 amide bonds. The van der Waals surface area contributed by atoms with Crippen molar-refractivity contribution in [1.29, 1.82) is 0 Å². The van der Waals surface area contributed by atoms with Crippen molar-refractivity contribution in [2.24, 2.45) is 5.92 Å². The predicted molar refractivity (Wildman–Crippen MR) is 93.8 cm³/mol. The summed E-state index contributed by atoms with van der Waals surface area (Å²) in [4.78, 5) is 0. The summed E-state index contributed by atoms with van der Waals surface area (Å²) in [5, 5.41) is 1.63. The van der Waals surface area contributed by atoms with E-state index in [1.807, 2.05) is 23.5 Å². The maximum absolute atomic E-state index is 2.22. The first-order valence-corrected chi connectivity index (χ1v) is 8.60. The molecule has 0 bridgehead atoms. The fourth-order valence-electron chi connectivity index (χ4n) is 0.667. The molecule has 0 atom stereocenters. The highest BCUT2D eigenvalue weighted by Crippen LogP contribution is 2.06. The van der Waals surface area contributed by atoms with E-state index in [9.17, 15) is 0 Å². The first kappa shape index (κ1) is 26.3. The normalized spacial score (nSPS) is 9.18. The highest BCUT2D eigenvalue weighted by Gasteiger charge is 1.86. The van der Waals surface area contributed by atoms with Crippen LogP contribution in [0.25, 0.3) is 0 Å². The van der Waals surface area contributed by atoms with Gasteiger partial charge in [0.05, 0.1) is 0 Å². The van der Waals surface area contributed by atoms with Crippen molar-refractivity contribution in [2.75, 3.05) is 11.5 Å². The van der Waals surface area contributed by atoms with E-state index in [1.54, 1.807) is 0 Å². The summed E-state index contributed by atoms with van der Waals surface area (Å²) in [6, 6.07) is 0. The molecule has 0 aromatic heterocycles. The van der Waals surface area contributed by atoms with Gasteiger partial charge in [-0.3, -0.25) is 0 Å². The fourth-order valence-corrected chi connectivity index (χ4v) is 2.00. The first-order chi connectivity index (χ1) is 7.27. The molecule has 17 heavy (non-hydrogen) atoms. The average Bonchev–Trinajstić information content (AvgIpc) is 2.02. The van der Waals surface area contributed by atoms with Gasteiger partial charge in [-0.05, 0) is 27.9 Å². The second kappa shape index (κ2) is 21.9. The van der Waals surface area contributed by atoms with Gasteiger partial charge in [-0.15, -0.1) is 0 Å². The second-order valence-corrected chi connectivity index (χ2v) is 8.45. The molecule has 0 saturated heterocycles. The molecule has 0 heterocycles. The van der Waals surface area contributed by atoms with E-state index in [0.29, 0.717) is 0 Å². The van der Waals surface area contributed by atoms with Gasteiger partial charge < -0.3 is 0 Å². The number of rotatable bonds is 4. The molecule has 0 nitrogen and oxygen atoms in total. The van der Waals surface area contributed by atoms with Crippen LogP contribution in [0.4, 0.5) is 0 Å². The van der Waals surface area contributed by atoms with E-state index >= 15 is 0 Å². The molecule has 0 rings (SSSR count). The van der Waals surface area contributed by atoms with E-state index in [-0.39, 0.29) is 7.43 Å². The van der Waals surface area contributed by atoms with Crippen LogP contribution in [0.3, 0.4) is 0 Å². The van der Waals surface area contributed by atoms with Crippen LogP contribution in [0.1, 0.15) is 69.7 Å². The maximum Gasteiger partial charge on any atom is -0.000979 e. The maximum atomic E-state index is 2.22. The second-order valence-electron chi connectivity index (χ2n) is 4.74. The average molecular weight is 283 g/mol. The van der Waals surface area contributed by atoms with Gasteiger partial charge in [0.1, 0.15) is 0 Å². The van der Waals surface area contributed by atoms with Crippen LogP contribution in [0.2, 0.25) is 0 Å². The number of thioether (sulfide) groups is 2.